The van der Waals surface area contributed by atoms with Crippen molar-refractivity contribution >= 4 is 0 Å². The molecule has 118 valence electrons. The molecule has 1 saturated carbocycles. The number of hydrogen-bond donors (Lipinski definition) is 2. The Labute approximate surface area is 123 Å². The van der Waals surface area contributed by atoms with E-state index >= 15 is 0 Å². The van der Waals surface area contributed by atoms with E-state index < -0.39 is 11.7 Å². The van der Waals surface area contributed by atoms with E-state index in [1.54, 1.807) is 6.07 Å². The van der Waals surface area contributed by atoms with Gasteiger partial charge in [-0.2, -0.15) is 13.2 Å². The van der Waals surface area contributed by atoms with Crippen molar-refractivity contribution in [2.75, 3.05) is 6.54 Å². The molecule has 2 nitrogen and oxygen atoms in total. The van der Waals surface area contributed by atoms with Gasteiger partial charge >= 0.3 is 6.18 Å². The molecule has 0 spiro atoms. The zero-order chi connectivity index (χ0) is 15.7. The summed E-state index contributed by atoms with van der Waals surface area (Å²) in [4.78, 5) is 0. The number of nitrogens with two attached hydrogens (primary N) is 1. The summed E-state index contributed by atoms with van der Waals surface area (Å²) in [6.07, 6.45) is -1.11. The highest BCUT2D eigenvalue weighted by molar-refractivity contribution is 5.28. The molecule has 2 unspecified atom stereocenters. The van der Waals surface area contributed by atoms with Crippen molar-refractivity contribution in [2.24, 2.45) is 11.1 Å². The molecular formula is C16H23F3N2. The molecule has 0 aromatic heterocycles. The highest BCUT2D eigenvalue weighted by Gasteiger charge is 2.33. The van der Waals surface area contributed by atoms with Crippen LogP contribution in [0.1, 0.15) is 50.3 Å². The second kappa shape index (κ2) is 5.97. The Morgan fingerprint density at radius 1 is 1.38 bits per heavy atom. The van der Waals surface area contributed by atoms with Gasteiger partial charge in [0, 0.05) is 18.6 Å². The summed E-state index contributed by atoms with van der Waals surface area (Å²) in [6.45, 7) is 4.73. The minimum atomic E-state index is -4.31. The maximum Gasteiger partial charge on any atom is 0.416 e. The summed E-state index contributed by atoms with van der Waals surface area (Å²) >= 11 is 0. The molecule has 3 N–H and O–H groups in total. The van der Waals surface area contributed by atoms with Crippen molar-refractivity contribution in [1.29, 1.82) is 0 Å². The molecule has 0 radical (unpaired) electrons. The smallest absolute Gasteiger partial charge is 0.329 e. The Balaban J connectivity index is 2.11. The predicted octanol–water partition coefficient (Wildman–Crippen LogP) is 3.87. The molecule has 21 heavy (non-hydrogen) atoms. The SMILES string of the molecule is CC1(C)CCC(NC(CN)c2cccc(C(F)(F)F)c2)C1. The first-order valence-corrected chi connectivity index (χ1v) is 7.34. The van der Waals surface area contributed by atoms with E-state index in [4.69, 9.17) is 5.73 Å². The molecule has 1 aliphatic rings. The fourth-order valence-electron chi connectivity index (χ4n) is 3.09. The minimum absolute atomic E-state index is 0.230. The van der Waals surface area contributed by atoms with E-state index in [1.165, 1.54) is 12.1 Å². The largest absolute Gasteiger partial charge is 0.416 e. The maximum absolute atomic E-state index is 12.8. The minimum Gasteiger partial charge on any atom is -0.329 e. The van der Waals surface area contributed by atoms with Crippen LogP contribution in [0.25, 0.3) is 0 Å². The average molecular weight is 300 g/mol. The van der Waals surface area contributed by atoms with Crippen molar-refractivity contribution < 1.29 is 13.2 Å². The van der Waals surface area contributed by atoms with E-state index in [0.717, 1.165) is 25.3 Å². The van der Waals surface area contributed by atoms with Crippen LogP contribution in [0.2, 0.25) is 0 Å². The maximum atomic E-state index is 12.8. The molecule has 0 bridgehead atoms. The molecule has 2 atom stereocenters. The van der Waals surface area contributed by atoms with E-state index in [9.17, 15) is 13.2 Å². The lowest BCUT2D eigenvalue weighted by Gasteiger charge is -2.24. The van der Waals surface area contributed by atoms with Gasteiger partial charge in [-0.1, -0.05) is 26.0 Å². The topological polar surface area (TPSA) is 38.0 Å². The van der Waals surface area contributed by atoms with Crippen LogP contribution in [0.4, 0.5) is 13.2 Å². The van der Waals surface area contributed by atoms with Crippen molar-refractivity contribution in [3.8, 4) is 0 Å². The number of halogens is 3. The van der Waals surface area contributed by atoms with Crippen molar-refractivity contribution in [3.05, 3.63) is 35.4 Å². The van der Waals surface area contributed by atoms with Crippen LogP contribution in [-0.4, -0.2) is 12.6 Å². The highest BCUT2D eigenvalue weighted by Crippen LogP contribution is 2.38. The van der Waals surface area contributed by atoms with Gasteiger partial charge in [0.1, 0.15) is 0 Å². The number of hydrogen-bond acceptors (Lipinski definition) is 2. The molecule has 0 amide bonds. The van der Waals surface area contributed by atoms with Gasteiger partial charge in [-0.15, -0.1) is 0 Å². The second-order valence-corrected chi connectivity index (χ2v) is 6.68. The Morgan fingerprint density at radius 3 is 2.62 bits per heavy atom. The molecule has 0 aliphatic heterocycles. The molecule has 1 fully saturated rings. The fourth-order valence-corrected chi connectivity index (χ4v) is 3.09. The molecule has 0 heterocycles. The first kappa shape index (κ1) is 16.3. The van der Waals surface area contributed by atoms with Crippen LogP contribution in [-0.2, 0) is 6.18 Å². The van der Waals surface area contributed by atoms with Crippen LogP contribution in [0.5, 0.6) is 0 Å². The van der Waals surface area contributed by atoms with Gasteiger partial charge in [0.2, 0.25) is 0 Å². The molecule has 1 aromatic carbocycles. The van der Waals surface area contributed by atoms with E-state index in [2.05, 4.69) is 19.2 Å². The summed E-state index contributed by atoms with van der Waals surface area (Å²) in [7, 11) is 0. The first-order chi connectivity index (χ1) is 9.71. The zero-order valence-electron chi connectivity index (χ0n) is 12.5. The Bertz CT molecular complexity index is 483. The van der Waals surface area contributed by atoms with Gasteiger partial charge in [-0.05, 0) is 42.4 Å². The molecule has 5 heteroatoms. The summed E-state index contributed by atoms with van der Waals surface area (Å²) in [5.74, 6) is 0. The van der Waals surface area contributed by atoms with Gasteiger partial charge in [-0.25, -0.2) is 0 Å². The van der Waals surface area contributed by atoms with Gasteiger partial charge in [-0.3, -0.25) is 0 Å². The molecule has 1 aliphatic carbocycles. The van der Waals surface area contributed by atoms with Crippen molar-refractivity contribution in [2.45, 2.75) is 51.4 Å². The summed E-state index contributed by atoms with van der Waals surface area (Å²) in [5, 5.41) is 3.42. The Hall–Kier alpha value is -1.07. The normalized spacial score (nSPS) is 23.2. The van der Waals surface area contributed by atoms with Crippen LogP contribution in [0.15, 0.2) is 24.3 Å². The second-order valence-electron chi connectivity index (χ2n) is 6.68. The number of benzene rings is 1. The number of alkyl halides is 3. The van der Waals surface area contributed by atoms with Crippen LogP contribution in [0.3, 0.4) is 0 Å². The molecule has 0 saturated heterocycles. The molecule has 1 aromatic rings. The monoisotopic (exact) mass is 300 g/mol. The summed E-state index contributed by atoms with van der Waals surface area (Å²) in [5.41, 5.74) is 6.05. The molecular weight excluding hydrogens is 277 g/mol. The lowest BCUT2D eigenvalue weighted by atomic mass is 9.91. The predicted molar refractivity (Wildman–Crippen MR) is 77.8 cm³/mol. The van der Waals surface area contributed by atoms with Crippen molar-refractivity contribution in [3.63, 3.8) is 0 Å². The Morgan fingerprint density at radius 2 is 2.10 bits per heavy atom. The first-order valence-electron chi connectivity index (χ1n) is 7.34. The van der Waals surface area contributed by atoms with Gasteiger partial charge in [0.05, 0.1) is 5.56 Å². The van der Waals surface area contributed by atoms with E-state index in [-0.39, 0.29) is 12.6 Å². The van der Waals surface area contributed by atoms with Crippen LogP contribution >= 0.6 is 0 Å². The van der Waals surface area contributed by atoms with Crippen molar-refractivity contribution in [1.82, 2.24) is 5.32 Å². The van der Waals surface area contributed by atoms with E-state index in [1.807, 2.05) is 0 Å². The van der Waals surface area contributed by atoms with Gasteiger partial charge in [0.25, 0.3) is 0 Å². The zero-order valence-corrected chi connectivity index (χ0v) is 12.5. The number of rotatable bonds is 4. The summed E-state index contributed by atoms with van der Waals surface area (Å²) in [6, 6.07) is 5.54. The van der Waals surface area contributed by atoms with Crippen LogP contribution < -0.4 is 11.1 Å². The summed E-state index contributed by atoms with van der Waals surface area (Å²) < 4.78 is 38.4. The Kier molecular flexibility index (Phi) is 4.63. The fraction of sp³-hybridized carbons (Fsp3) is 0.625. The third-order valence-electron chi connectivity index (χ3n) is 4.26. The lowest BCUT2D eigenvalue weighted by molar-refractivity contribution is -0.137. The standard InChI is InChI=1S/C16H23F3N2/c1-15(2)7-6-13(9-15)21-14(10-20)11-4-3-5-12(8-11)16(17,18)19/h3-5,8,13-14,21H,6-7,9-10,20H2,1-2H3. The molecule has 2 rings (SSSR count). The van der Waals surface area contributed by atoms with E-state index in [0.29, 0.717) is 17.0 Å². The quantitative estimate of drug-likeness (QED) is 0.885. The average Bonchev–Trinajstić information content (AvgIpc) is 2.74. The van der Waals surface area contributed by atoms with Gasteiger partial charge < -0.3 is 11.1 Å². The third kappa shape index (κ3) is 4.20. The lowest BCUT2D eigenvalue weighted by Crippen LogP contribution is -2.35. The number of nitrogens with one attached hydrogen (secondary N) is 1. The van der Waals surface area contributed by atoms with Gasteiger partial charge in [0.15, 0.2) is 0 Å². The highest BCUT2D eigenvalue weighted by atomic mass is 19.4. The van der Waals surface area contributed by atoms with Crippen LogP contribution in [0, 0.1) is 5.41 Å². The third-order valence-corrected chi connectivity index (χ3v) is 4.26.